The van der Waals surface area contributed by atoms with Gasteiger partial charge in [0.25, 0.3) is 0 Å². The van der Waals surface area contributed by atoms with Crippen LogP contribution in [-0.4, -0.2) is 22.9 Å². The summed E-state index contributed by atoms with van der Waals surface area (Å²) in [5.74, 6) is 1.19. The summed E-state index contributed by atoms with van der Waals surface area (Å²) in [5.41, 5.74) is 1.96. The van der Waals surface area contributed by atoms with Gasteiger partial charge in [-0.3, -0.25) is 0 Å². The second-order valence-corrected chi connectivity index (χ2v) is 5.64. The number of phenolic OH excluding ortho intramolecular Hbond substituents is 1. The van der Waals surface area contributed by atoms with Crippen molar-refractivity contribution in [1.82, 2.24) is 0 Å². The maximum Gasteiger partial charge on any atom is 0.123 e. The van der Waals surface area contributed by atoms with Crippen LogP contribution in [0.2, 0.25) is 0 Å². The summed E-state index contributed by atoms with van der Waals surface area (Å²) in [7, 11) is 0. The molecule has 0 saturated heterocycles. The van der Waals surface area contributed by atoms with Crippen LogP contribution in [0, 0.1) is 0 Å². The average molecular weight is 236 g/mol. The number of fused-ring (bicyclic) bond motifs is 1. The lowest BCUT2D eigenvalue weighted by Gasteiger charge is -2.23. The molecule has 0 saturated carbocycles. The molecule has 1 aromatic rings. The van der Waals surface area contributed by atoms with Crippen molar-refractivity contribution in [2.24, 2.45) is 0 Å². The van der Waals surface area contributed by atoms with Gasteiger partial charge in [0.15, 0.2) is 0 Å². The Kier molecular flexibility index (Phi) is 3.04. The minimum Gasteiger partial charge on any atom is -0.508 e. The Morgan fingerprint density at radius 1 is 1.35 bits per heavy atom. The first kappa shape index (κ1) is 12.2. The highest BCUT2D eigenvalue weighted by atomic mass is 16.5. The number of hydrogen-bond donors (Lipinski definition) is 2. The molecule has 0 fully saturated rings. The van der Waals surface area contributed by atoms with Gasteiger partial charge in [-0.15, -0.1) is 0 Å². The van der Waals surface area contributed by atoms with Gasteiger partial charge in [-0.25, -0.2) is 0 Å². The average Bonchev–Trinajstić information content (AvgIpc) is 2.58. The van der Waals surface area contributed by atoms with E-state index < -0.39 is 0 Å². The van der Waals surface area contributed by atoms with Gasteiger partial charge in [0, 0.05) is 30.6 Å². The standard InChI is InChI=1S/C14H20O3/c1-14(2,3)13-10-8-9(6-7-15)17-12(10)5-4-11(13)16/h4-5,9,15-16H,6-8H2,1-3H3. The number of aromatic hydroxyl groups is 1. The van der Waals surface area contributed by atoms with Crippen LogP contribution >= 0.6 is 0 Å². The molecular formula is C14H20O3. The summed E-state index contributed by atoms with van der Waals surface area (Å²) in [5, 5.41) is 19.0. The quantitative estimate of drug-likeness (QED) is 0.829. The molecule has 0 spiro atoms. The van der Waals surface area contributed by atoms with Crippen LogP contribution in [0.5, 0.6) is 11.5 Å². The summed E-state index contributed by atoms with van der Waals surface area (Å²) in [6.07, 6.45) is 1.45. The number of benzene rings is 1. The second kappa shape index (κ2) is 4.22. The molecule has 0 aliphatic carbocycles. The van der Waals surface area contributed by atoms with Crippen molar-refractivity contribution in [3.8, 4) is 11.5 Å². The van der Waals surface area contributed by atoms with Gasteiger partial charge in [-0.05, 0) is 17.5 Å². The highest BCUT2D eigenvalue weighted by Crippen LogP contribution is 2.42. The van der Waals surface area contributed by atoms with Crippen molar-refractivity contribution in [3.05, 3.63) is 23.3 Å². The Morgan fingerprint density at radius 2 is 2.06 bits per heavy atom. The molecule has 0 radical (unpaired) electrons. The molecule has 2 N–H and O–H groups in total. The molecule has 0 amide bonds. The second-order valence-electron chi connectivity index (χ2n) is 5.64. The smallest absolute Gasteiger partial charge is 0.123 e. The van der Waals surface area contributed by atoms with E-state index in [1.54, 1.807) is 6.07 Å². The molecule has 3 nitrogen and oxygen atoms in total. The van der Waals surface area contributed by atoms with Crippen molar-refractivity contribution in [2.45, 2.75) is 45.1 Å². The van der Waals surface area contributed by atoms with Crippen molar-refractivity contribution in [1.29, 1.82) is 0 Å². The highest BCUT2D eigenvalue weighted by Gasteiger charge is 2.31. The summed E-state index contributed by atoms with van der Waals surface area (Å²) >= 11 is 0. The predicted molar refractivity (Wildman–Crippen MR) is 66.6 cm³/mol. The van der Waals surface area contributed by atoms with Gasteiger partial charge >= 0.3 is 0 Å². The largest absolute Gasteiger partial charge is 0.508 e. The molecular weight excluding hydrogens is 216 g/mol. The lowest BCUT2D eigenvalue weighted by atomic mass is 9.82. The topological polar surface area (TPSA) is 49.7 Å². The van der Waals surface area contributed by atoms with Crippen LogP contribution in [0.25, 0.3) is 0 Å². The van der Waals surface area contributed by atoms with E-state index in [9.17, 15) is 5.11 Å². The molecule has 17 heavy (non-hydrogen) atoms. The number of ether oxygens (including phenoxy) is 1. The van der Waals surface area contributed by atoms with E-state index in [-0.39, 0.29) is 18.1 Å². The van der Waals surface area contributed by atoms with Crippen molar-refractivity contribution >= 4 is 0 Å². The van der Waals surface area contributed by atoms with Crippen molar-refractivity contribution in [3.63, 3.8) is 0 Å². The van der Waals surface area contributed by atoms with Gasteiger partial charge in [-0.1, -0.05) is 20.8 Å². The fraction of sp³-hybridized carbons (Fsp3) is 0.571. The number of aliphatic hydroxyl groups is 1. The predicted octanol–water partition coefficient (Wildman–Crippen LogP) is 2.38. The van der Waals surface area contributed by atoms with Crippen LogP contribution in [0.1, 0.15) is 38.3 Å². The molecule has 1 aromatic carbocycles. The lowest BCUT2D eigenvalue weighted by molar-refractivity contribution is 0.175. The first-order chi connectivity index (χ1) is 7.93. The lowest BCUT2D eigenvalue weighted by Crippen LogP contribution is -2.16. The van der Waals surface area contributed by atoms with E-state index >= 15 is 0 Å². The fourth-order valence-electron chi connectivity index (χ4n) is 2.52. The van der Waals surface area contributed by atoms with Gasteiger partial charge in [0.1, 0.15) is 17.6 Å². The first-order valence-corrected chi connectivity index (χ1v) is 6.06. The molecule has 0 bridgehead atoms. The maximum absolute atomic E-state index is 10.0. The van der Waals surface area contributed by atoms with Gasteiger partial charge in [-0.2, -0.15) is 0 Å². The third-order valence-electron chi connectivity index (χ3n) is 3.17. The molecule has 1 unspecified atom stereocenters. The Balaban J connectivity index is 2.41. The van der Waals surface area contributed by atoms with E-state index in [1.165, 1.54) is 0 Å². The number of aliphatic hydroxyl groups excluding tert-OH is 1. The third-order valence-corrected chi connectivity index (χ3v) is 3.17. The van der Waals surface area contributed by atoms with Crippen LogP contribution in [0.4, 0.5) is 0 Å². The molecule has 0 aromatic heterocycles. The molecule has 94 valence electrons. The monoisotopic (exact) mass is 236 g/mol. The minimum absolute atomic E-state index is 0.0397. The zero-order valence-corrected chi connectivity index (χ0v) is 10.7. The number of hydrogen-bond acceptors (Lipinski definition) is 3. The Morgan fingerprint density at radius 3 is 2.65 bits per heavy atom. The summed E-state index contributed by atoms with van der Waals surface area (Å²) < 4.78 is 5.77. The third kappa shape index (κ3) is 2.25. The van der Waals surface area contributed by atoms with Crippen LogP contribution < -0.4 is 4.74 Å². The van der Waals surface area contributed by atoms with E-state index in [0.717, 1.165) is 23.3 Å². The maximum atomic E-state index is 10.0. The number of phenols is 1. The van der Waals surface area contributed by atoms with E-state index in [2.05, 4.69) is 20.8 Å². The zero-order valence-electron chi connectivity index (χ0n) is 10.7. The molecule has 1 aliphatic rings. The zero-order chi connectivity index (χ0) is 12.6. The highest BCUT2D eigenvalue weighted by molar-refractivity contribution is 5.53. The first-order valence-electron chi connectivity index (χ1n) is 6.06. The molecule has 3 heteroatoms. The summed E-state index contributed by atoms with van der Waals surface area (Å²) in [4.78, 5) is 0. The van der Waals surface area contributed by atoms with Crippen LogP contribution in [-0.2, 0) is 11.8 Å². The van der Waals surface area contributed by atoms with Gasteiger partial charge < -0.3 is 14.9 Å². The van der Waals surface area contributed by atoms with Crippen LogP contribution in [0.15, 0.2) is 12.1 Å². The molecule has 1 aliphatic heterocycles. The molecule has 1 atom stereocenters. The van der Waals surface area contributed by atoms with Crippen molar-refractivity contribution in [2.75, 3.05) is 6.61 Å². The molecule has 2 rings (SSSR count). The van der Waals surface area contributed by atoms with Gasteiger partial charge in [0.2, 0.25) is 0 Å². The summed E-state index contributed by atoms with van der Waals surface area (Å²) in [6.45, 7) is 6.39. The van der Waals surface area contributed by atoms with Crippen molar-refractivity contribution < 1.29 is 14.9 Å². The minimum atomic E-state index is -0.104. The van der Waals surface area contributed by atoms with Gasteiger partial charge in [0.05, 0.1) is 0 Å². The summed E-state index contributed by atoms with van der Waals surface area (Å²) in [6, 6.07) is 3.51. The Bertz CT molecular complexity index is 418. The van der Waals surface area contributed by atoms with E-state index in [4.69, 9.17) is 9.84 Å². The Labute approximate surface area is 102 Å². The van der Waals surface area contributed by atoms with Crippen LogP contribution in [0.3, 0.4) is 0 Å². The van der Waals surface area contributed by atoms with E-state index in [0.29, 0.717) is 12.2 Å². The molecule has 1 heterocycles. The van der Waals surface area contributed by atoms with E-state index in [1.807, 2.05) is 6.07 Å². The number of rotatable bonds is 2. The Hall–Kier alpha value is -1.22. The normalized spacial score (nSPS) is 18.9. The SMILES string of the molecule is CC(C)(C)c1c(O)ccc2c1CC(CCO)O2. The fourth-order valence-corrected chi connectivity index (χ4v) is 2.52.